The van der Waals surface area contributed by atoms with Crippen molar-refractivity contribution in [2.75, 3.05) is 87.3 Å². The Morgan fingerprint density at radius 1 is 0.811 bits per heavy atom. The summed E-state index contributed by atoms with van der Waals surface area (Å²) >= 11 is 12.1. The minimum Gasteiger partial charge on any atom is -0.378 e. The Labute approximate surface area is 226 Å². The number of hydrogen-bond donors (Lipinski definition) is 0. The number of alkyl halides is 2. The molecule has 4 rings (SSSR count). The fourth-order valence-corrected chi connectivity index (χ4v) is 6.11. The van der Waals surface area contributed by atoms with Crippen molar-refractivity contribution in [3.8, 4) is 12.0 Å². The molecule has 2 aromatic rings. The lowest BCUT2D eigenvalue weighted by molar-refractivity contribution is 0.122. The molecule has 2 fully saturated rings. The molecular formula is C22H32Cl2N7O5P. The quantitative estimate of drug-likeness (QED) is 0.289. The molecule has 0 N–H and O–H groups in total. The van der Waals surface area contributed by atoms with Crippen LogP contribution in [0.4, 0.5) is 11.6 Å². The summed E-state index contributed by atoms with van der Waals surface area (Å²) < 4.78 is 38.6. The summed E-state index contributed by atoms with van der Waals surface area (Å²) in [5.74, 6) is 1.66. The average molecular weight is 576 g/mol. The molecule has 0 atom stereocenters. The maximum Gasteiger partial charge on any atom is 0.520 e. The van der Waals surface area contributed by atoms with Crippen LogP contribution in [-0.4, -0.2) is 102 Å². The van der Waals surface area contributed by atoms with Crippen LogP contribution < -0.4 is 18.8 Å². The van der Waals surface area contributed by atoms with Crippen LogP contribution in [-0.2, 0) is 14.0 Å². The highest BCUT2D eigenvalue weighted by Gasteiger charge is 2.39. The van der Waals surface area contributed by atoms with Crippen molar-refractivity contribution >= 4 is 42.6 Å². The second-order valence-electron chi connectivity index (χ2n) is 8.48. The lowest BCUT2D eigenvalue weighted by Gasteiger charge is -2.30. The molecule has 2 saturated heterocycles. The third kappa shape index (κ3) is 7.55. The summed E-state index contributed by atoms with van der Waals surface area (Å²) in [6.45, 7) is 9.10. The molecule has 0 radical (unpaired) electrons. The van der Waals surface area contributed by atoms with Crippen LogP contribution in [0.1, 0.15) is 11.4 Å². The van der Waals surface area contributed by atoms with Crippen molar-refractivity contribution in [1.29, 1.82) is 0 Å². The molecule has 37 heavy (non-hydrogen) atoms. The van der Waals surface area contributed by atoms with Crippen molar-refractivity contribution in [3.63, 3.8) is 0 Å². The number of nitrogens with zero attached hydrogens (tertiary/aromatic N) is 7. The second kappa shape index (κ2) is 13.2. The number of hydrogen-bond acceptors (Lipinski definition) is 11. The smallest absolute Gasteiger partial charge is 0.378 e. The van der Waals surface area contributed by atoms with Crippen LogP contribution in [0, 0.1) is 13.8 Å². The fraction of sp³-hybridized carbons (Fsp3) is 0.636. The second-order valence-corrected chi connectivity index (χ2v) is 11.1. The molecule has 0 bridgehead atoms. The lowest BCUT2D eigenvalue weighted by Crippen LogP contribution is -2.37. The van der Waals surface area contributed by atoms with E-state index in [1.165, 1.54) is 4.67 Å². The first-order valence-corrected chi connectivity index (χ1v) is 14.7. The minimum absolute atomic E-state index is 0.0833. The van der Waals surface area contributed by atoms with Crippen molar-refractivity contribution in [2.24, 2.45) is 0 Å². The van der Waals surface area contributed by atoms with Gasteiger partial charge in [-0.2, -0.15) is 14.6 Å². The zero-order valence-electron chi connectivity index (χ0n) is 21.0. The Balaban J connectivity index is 1.66. The van der Waals surface area contributed by atoms with Gasteiger partial charge in [-0.15, -0.1) is 23.2 Å². The molecule has 12 nitrogen and oxygen atoms in total. The summed E-state index contributed by atoms with van der Waals surface area (Å²) in [6.07, 6.45) is 0. The molecule has 0 amide bonds. The summed E-state index contributed by atoms with van der Waals surface area (Å²) in [6, 6.07) is 3.52. The highest BCUT2D eigenvalue weighted by molar-refractivity contribution is 7.52. The molecule has 2 aromatic heterocycles. The molecule has 0 aliphatic carbocycles. The van der Waals surface area contributed by atoms with Gasteiger partial charge in [-0.25, -0.2) is 14.5 Å². The van der Waals surface area contributed by atoms with E-state index in [0.717, 1.165) is 0 Å². The van der Waals surface area contributed by atoms with Gasteiger partial charge in [0.25, 0.3) is 0 Å². The van der Waals surface area contributed by atoms with Crippen molar-refractivity contribution in [2.45, 2.75) is 13.8 Å². The van der Waals surface area contributed by atoms with E-state index in [1.807, 2.05) is 26.0 Å². The van der Waals surface area contributed by atoms with Crippen LogP contribution in [0.2, 0.25) is 0 Å². The van der Waals surface area contributed by atoms with E-state index in [-0.39, 0.29) is 36.9 Å². The predicted molar refractivity (Wildman–Crippen MR) is 141 cm³/mol. The van der Waals surface area contributed by atoms with Crippen molar-refractivity contribution in [3.05, 3.63) is 23.5 Å². The normalized spacial score (nSPS) is 16.8. The van der Waals surface area contributed by atoms with Gasteiger partial charge in [0.1, 0.15) is 11.6 Å². The van der Waals surface area contributed by atoms with Gasteiger partial charge in [0, 0.05) is 74.5 Å². The third-order valence-corrected chi connectivity index (χ3v) is 7.96. The predicted octanol–water partition coefficient (Wildman–Crippen LogP) is 2.90. The first kappa shape index (κ1) is 28.1. The van der Waals surface area contributed by atoms with Crippen LogP contribution in [0.15, 0.2) is 12.1 Å². The van der Waals surface area contributed by atoms with E-state index in [0.29, 0.717) is 75.6 Å². The molecule has 204 valence electrons. The summed E-state index contributed by atoms with van der Waals surface area (Å²) in [5.41, 5.74) is 1.31. The summed E-state index contributed by atoms with van der Waals surface area (Å²) in [4.78, 5) is 21.9. The van der Waals surface area contributed by atoms with E-state index in [4.69, 9.17) is 41.7 Å². The van der Waals surface area contributed by atoms with Gasteiger partial charge in [-0.05, 0) is 13.8 Å². The van der Waals surface area contributed by atoms with Gasteiger partial charge >= 0.3 is 19.8 Å². The van der Waals surface area contributed by atoms with E-state index < -0.39 is 7.75 Å². The zero-order chi connectivity index (χ0) is 26.3. The first-order valence-electron chi connectivity index (χ1n) is 12.1. The van der Waals surface area contributed by atoms with Crippen LogP contribution >= 0.6 is 30.9 Å². The molecule has 0 unspecified atom stereocenters. The molecule has 2 aliphatic rings. The van der Waals surface area contributed by atoms with Crippen LogP contribution in [0.3, 0.4) is 0 Å². The molecular weight excluding hydrogens is 544 g/mol. The largest absolute Gasteiger partial charge is 0.520 e. The number of aryl methyl sites for hydroxylation is 2. The number of morpholine rings is 2. The standard InChI is InChI=1S/C22H32Cl2N7O5P/c1-17-15-19(29-7-11-33-12-8-29)27-21(25-17)35-37(32,31(5-3-23)6-4-24)36-22-26-18(2)16-20(28-22)30-9-13-34-14-10-30/h15-16H,3-14H2,1-2H3. The van der Waals surface area contributed by atoms with Gasteiger partial charge in [-0.1, -0.05) is 0 Å². The number of ether oxygens (including phenoxy) is 2. The van der Waals surface area contributed by atoms with Gasteiger partial charge in [0.05, 0.1) is 26.4 Å². The van der Waals surface area contributed by atoms with Gasteiger partial charge in [0.2, 0.25) is 0 Å². The Morgan fingerprint density at radius 2 is 1.22 bits per heavy atom. The number of anilines is 2. The Kier molecular flexibility index (Phi) is 10.0. The highest BCUT2D eigenvalue weighted by Crippen LogP contribution is 2.50. The van der Waals surface area contributed by atoms with Gasteiger partial charge in [0.15, 0.2) is 0 Å². The maximum absolute atomic E-state index is 14.4. The topological polar surface area (TPSA) is 115 Å². The van der Waals surface area contributed by atoms with E-state index in [1.54, 1.807) is 0 Å². The highest BCUT2D eigenvalue weighted by atomic mass is 35.5. The molecule has 0 aromatic carbocycles. The average Bonchev–Trinajstić information content (AvgIpc) is 2.89. The number of rotatable bonds is 11. The molecule has 0 spiro atoms. The zero-order valence-corrected chi connectivity index (χ0v) is 23.4. The van der Waals surface area contributed by atoms with Crippen molar-refractivity contribution in [1.82, 2.24) is 24.6 Å². The SMILES string of the molecule is Cc1cc(N2CCOCC2)nc(OP(=O)(Oc2nc(C)cc(N3CCOCC3)n2)N(CCCl)CCCl)n1. The van der Waals surface area contributed by atoms with Crippen LogP contribution in [0.25, 0.3) is 0 Å². The molecule has 4 heterocycles. The van der Waals surface area contributed by atoms with E-state index in [9.17, 15) is 4.57 Å². The molecule has 2 aliphatic heterocycles. The third-order valence-electron chi connectivity index (χ3n) is 5.74. The van der Waals surface area contributed by atoms with Crippen molar-refractivity contribution < 1.29 is 23.1 Å². The minimum atomic E-state index is -4.14. The van der Waals surface area contributed by atoms with E-state index >= 15 is 0 Å². The van der Waals surface area contributed by atoms with Gasteiger partial charge < -0.3 is 28.3 Å². The molecule has 15 heteroatoms. The Morgan fingerprint density at radius 3 is 1.59 bits per heavy atom. The Hall–Kier alpha value is -1.95. The fourth-order valence-electron chi connectivity index (χ4n) is 3.93. The lowest BCUT2D eigenvalue weighted by atomic mass is 10.3. The first-order chi connectivity index (χ1) is 17.9. The number of halogens is 2. The maximum atomic E-state index is 14.4. The van der Waals surface area contributed by atoms with Gasteiger partial charge in [-0.3, -0.25) is 0 Å². The monoisotopic (exact) mass is 575 g/mol. The summed E-state index contributed by atoms with van der Waals surface area (Å²) in [7, 11) is -4.14. The Bertz CT molecular complexity index is 1010. The van der Waals surface area contributed by atoms with E-state index in [2.05, 4.69) is 29.7 Å². The van der Waals surface area contributed by atoms with Crippen LogP contribution in [0.5, 0.6) is 12.0 Å². The summed E-state index contributed by atoms with van der Waals surface area (Å²) in [5, 5.41) is 0. The number of aromatic nitrogens is 4. The molecule has 0 saturated carbocycles.